The lowest BCUT2D eigenvalue weighted by molar-refractivity contribution is -0.117. The molecule has 1 aliphatic rings. The van der Waals surface area contributed by atoms with Crippen LogP contribution in [-0.2, 0) is 4.79 Å². The van der Waals surface area contributed by atoms with Gasteiger partial charge in [0.2, 0.25) is 5.91 Å². The van der Waals surface area contributed by atoms with Gasteiger partial charge in [-0.2, -0.15) is 0 Å². The summed E-state index contributed by atoms with van der Waals surface area (Å²) in [6.45, 7) is 0. The van der Waals surface area contributed by atoms with Gasteiger partial charge in [0.25, 0.3) is 5.91 Å². The second-order valence-electron chi connectivity index (χ2n) is 5.46. The maximum absolute atomic E-state index is 13.9. The van der Waals surface area contributed by atoms with E-state index < -0.39 is 11.7 Å². The Kier molecular flexibility index (Phi) is 4.41. The maximum atomic E-state index is 13.9. The number of nitrogens with zero attached hydrogens (tertiary/aromatic N) is 1. The summed E-state index contributed by atoms with van der Waals surface area (Å²) in [4.78, 5) is 28.1. The minimum absolute atomic E-state index is 0.0488. The average Bonchev–Trinajstić information content (AvgIpc) is 3.39. The topological polar surface area (TPSA) is 80.3 Å². The molecule has 0 spiro atoms. The number of carbonyl (C=O) groups excluding carboxylic acids is 2. The summed E-state index contributed by atoms with van der Waals surface area (Å²) >= 11 is 0. The van der Waals surface area contributed by atoms with Crippen LogP contribution in [0, 0.1) is 11.7 Å². The van der Waals surface area contributed by atoms with E-state index in [9.17, 15) is 14.0 Å². The quantitative estimate of drug-likeness (QED) is 0.884. The second-order valence-corrected chi connectivity index (χ2v) is 5.46. The van der Waals surface area contributed by atoms with Crippen LogP contribution in [0.1, 0.15) is 23.2 Å². The molecule has 0 aliphatic heterocycles. The van der Waals surface area contributed by atoms with Gasteiger partial charge >= 0.3 is 0 Å². The van der Waals surface area contributed by atoms with Crippen LogP contribution < -0.4 is 15.4 Å². The molecule has 3 rings (SSSR count). The molecule has 2 amide bonds. The van der Waals surface area contributed by atoms with Gasteiger partial charge in [-0.1, -0.05) is 6.07 Å². The van der Waals surface area contributed by atoms with Crippen molar-refractivity contribution in [1.29, 1.82) is 0 Å². The number of anilines is 2. The molecular formula is C17H16FN3O3. The lowest BCUT2D eigenvalue weighted by Crippen LogP contribution is -2.17. The first-order chi connectivity index (χ1) is 11.6. The fraction of sp³-hybridized carbons (Fsp3) is 0.235. The summed E-state index contributed by atoms with van der Waals surface area (Å²) in [5.74, 6) is -0.873. The number of pyridine rings is 1. The number of rotatable bonds is 5. The van der Waals surface area contributed by atoms with Crippen LogP contribution in [-0.4, -0.2) is 23.9 Å². The van der Waals surface area contributed by atoms with Gasteiger partial charge in [-0.15, -0.1) is 0 Å². The van der Waals surface area contributed by atoms with E-state index in [0.29, 0.717) is 11.5 Å². The zero-order chi connectivity index (χ0) is 17.1. The lowest BCUT2D eigenvalue weighted by Gasteiger charge is -2.11. The SMILES string of the molecule is COc1cccc(F)c1C(=O)Nc1ccnc(NC(=O)C2CC2)c1. The third-order valence-corrected chi connectivity index (χ3v) is 3.64. The molecule has 24 heavy (non-hydrogen) atoms. The predicted octanol–water partition coefficient (Wildman–Crippen LogP) is 2.83. The number of hydrogen-bond acceptors (Lipinski definition) is 4. The smallest absolute Gasteiger partial charge is 0.262 e. The molecule has 1 saturated carbocycles. The van der Waals surface area contributed by atoms with E-state index in [1.807, 2.05) is 0 Å². The van der Waals surface area contributed by atoms with Crippen LogP contribution >= 0.6 is 0 Å². The van der Waals surface area contributed by atoms with Crippen molar-refractivity contribution in [2.45, 2.75) is 12.8 Å². The summed E-state index contributed by atoms with van der Waals surface area (Å²) in [5.41, 5.74) is 0.215. The summed E-state index contributed by atoms with van der Waals surface area (Å²) in [6, 6.07) is 7.23. The molecule has 1 aromatic carbocycles. The maximum Gasteiger partial charge on any atom is 0.262 e. The fourth-order valence-electron chi connectivity index (χ4n) is 2.24. The Hall–Kier alpha value is -2.96. The highest BCUT2D eigenvalue weighted by atomic mass is 19.1. The van der Waals surface area contributed by atoms with E-state index in [-0.39, 0.29) is 23.1 Å². The number of carbonyl (C=O) groups is 2. The van der Waals surface area contributed by atoms with Gasteiger partial charge < -0.3 is 15.4 Å². The van der Waals surface area contributed by atoms with Gasteiger partial charge in [0.15, 0.2) is 0 Å². The molecule has 0 atom stereocenters. The Labute approximate surface area is 138 Å². The molecule has 0 radical (unpaired) electrons. The Morgan fingerprint density at radius 1 is 1.25 bits per heavy atom. The predicted molar refractivity (Wildman–Crippen MR) is 86.5 cm³/mol. The van der Waals surface area contributed by atoms with Crippen molar-refractivity contribution in [2.24, 2.45) is 5.92 Å². The molecule has 124 valence electrons. The van der Waals surface area contributed by atoms with Crippen LogP contribution in [0.4, 0.5) is 15.9 Å². The highest BCUT2D eigenvalue weighted by Gasteiger charge is 2.29. The molecule has 7 heteroatoms. The van der Waals surface area contributed by atoms with Crippen LogP contribution in [0.3, 0.4) is 0 Å². The molecule has 0 bridgehead atoms. The summed E-state index contributed by atoms with van der Waals surface area (Å²) in [5, 5.41) is 5.27. The summed E-state index contributed by atoms with van der Waals surface area (Å²) in [6.07, 6.45) is 3.22. The first-order valence-electron chi connectivity index (χ1n) is 7.49. The molecule has 1 heterocycles. The number of nitrogens with one attached hydrogen (secondary N) is 2. The first kappa shape index (κ1) is 15.9. The minimum atomic E-state index is -0.678. The van der Waals surface area contributed by atoms with Crippen molar-refractivity contribution in [2.75, 3.05) is 17.7 Å². The fourth-order valence-corrected chi connectivity index (χ4v) is 2.24. The normalized spacial score (nSPS) is 13.2. The van der Waals surface area contributed by atoms with Crippen molar-refractivity contribution in [3.05, 3.63) is 47.9 Å². The number of hydrogen-bond donors (Lipinski definition) is 2. The van der Waals surface area contributed by atoms with Gasteiger partial charge in [0, 0.05) is 23.9 Å². The molecule has 1 aromatic heterocycles. The Morgan fingerprint density at radius 2 is 2.04 bits per heavy atom. The van der Waals surface area contributed by atoms with Crippen molar-refractivity contribution in [3.8, 4) is 5.75 Å². The van der Waals surface area contributed by atoms with E-state index in [1.54, 1.807) is 6.07 Å². The summed E-state index contributed by atoms with van der Waals surface area (Å²) < 4.78 is 19.0. The number of amides is 2. The zero-order valence-electron chi connectivity index (χ0n) is 13.0. The number of ether oxygens (including phenoxy) is 1. The first-order valence-corrected chi connectivity index (χ1v) is 7.49. The minimum Gasteiger partial charge on any atom is -0.496 e. The largest absolute Gasteiger partial charge is 0.496 e. The van der Waals surface area contributed by atoms with E-state index in [4.69, 9.17) is 4.74 Å². The van der Waals surface area contributed by atoms with Crippen LogP contribution in [0.2, 0.25) is 0 Å². The molecule has 0 unspecified atom stereocenters. The number of methoxy groups -OCH3 is 1. The standard InChI is InChI=1S/C17H16FN3O3/c1-24-13-4-2-3-12(18)15(13)17(23)20-11-7-8-19-14(9-11)21-16(22)10-5-6-10/h2-4,7-10H,5-6H2,1H3,(H2,19,20,21,22,23). The van der Waals surface area contributed by atoms with Gasteiger partial charge in [0.05, 0.1) is 7.11 Å². The number of aromatic nitrogens is 1. The van der Waals surface area contributed by atoms with Gasteiger partial charge in [-0.05, 0) is 31.0 Å². The van der Waals surface area contributed by atoms with Gasteiger partial charge in [0.1, 0.15) is 22.9 Å². The van der Waals surface area contributed by atoms with E-state index in [1.165, 1.54) is 37.6 Å². The van der Waals surface area contributed by atoms with Crippen molar-refractivity contribution < 1.29 is 18.7 Å². The monoisotopic (exact) mass is 329 g/mol. The molecule has 1 fully saturated rings. The van der Waals surface area contributed by atoms with Gasteiger partial charge in [-0.25, -0.2) is 9.37 Å². The molecular weight excluding hydrogens is 313 g/mol. The van der Waals surface area contributed by atoms with Crippen molar-refractivity contribution in [3.63, 3.8) is 0 Å². The van der Waals surface area contributed by atoms with E-state index >= 15 is 0 Å². The molecule has 6 nitrogen and oxygen atoms in total. The highest BCUT2D eigenvalue weighted by molar-refractivity contribution is 6.06. The lowest BCUT2D eigenvalue weighted by atomic mass is 10.1. The Morgan fingerprint density at radius 3 is 2.75 bits per heavy atom. The molecule has 0 saturated heterocycles. The average molecular weight is 329 g/mol. The van der Waals surface area contributed by atoms with E-state index in [0.717, 1.165) is 12.8 Å². The van der Waals surface area contributed by atoms with E-state index in [2.05, 4.69) is 15.6 Å². The zero-order valence-corrected chi connectivity index (χ0v) is 13.0. The molecule has 2 aromatic rings. The number of benzene rings is 1. The van der Waals surface area contributed by atoms with Crippen LogP contribution in [0.5, 0.6) is 5.75 Å². The van der Waals surface area contributed by atoms with Crippen LogP contribution in [0.25, 0.3) is 0 Å². The number of halogens is 1. The highest BCUT2D eigenvalue weighted by Crippen LogP contribution is 2.30. The molecule has 1 aliphatic carbocycles. The third-order valence-electron chi connectivity index (χ3n) is 3.64. The Bertz CT molecular complexity index is 790. The van der Waals surface area contributed by atoms with Crippen LogP contribution in [0.15, 0.2) is 36.5 Å². The second kappa shape index (κ2) is 6.66. The van der Waals surface area contributed by atoms with Crippen molar-refractivity contribution in [1.82, 2.24) is 4.98 Å². The van der Waals surface area contributed by atoms with Crippen molar-refractivity contribution >= 4 is 23.3 Å². The Balaban J connectivity index is 1.76. The van der Waals surface area contributed by atoms with Gasteiger partial charge in [-0.3, -0.25) is 9.59 Å². The molecule has 2 N–H and O–H groups in total. The third kappa shape index (κ3) is 3.51. The summed E-state index contributed by atoms with van der Waals surface area (Å²) in [7, 11) is 1.36.